The normalized spacial score (nSPS) is 16.6. The molecule has 9 nitrogen and oxygen atoms in total. The lowest BCUT2D eigenvalue weighted by atomic mass is 9.91. The van der Waals surface area contributed by atoms with E-state index in [4.69, 9.17) is 14.2 Å². The molecule has 0 unspecified atom stereocenters. The summed E-state index contributed by atoms with van der Waals surface area (Å²) in [5.41, 5.74) is -0.800. The summed E-state index contributed by atoms with van der Waals surface area (Å²) in [6.07, 6.45) is 2.18. The molecule has 1 fully saturated rings. The number of carbonyl (C=O) groups is 1. The first kappa shape index (κ1) is 22.0. The van der Waals surface area contributed by atoms with E-state index in [0.29, 0.717) is 48.3 Å². The van der Waals surface area contributed by atoms with E-state index in [1.165, 1.54) is 25.1 Å². The predicted molar refractivity (Wildman–Crippen MR) is 111 cm³/mol. The molecule has 9 heteroatoms. The first-order valence-corrected chi connectivity index (χ1v) is 10.00. The lowest BCUT2D eigenvalue weighted by Crippen LogP contribution is -2.49. The van der Waals surface area contributed by atoms with Gasteiger partial charge in [0.05, 0.1) is 56.2 Å². The molecule has 164 valence electrons. The van der Waals surface area contributed by atoms with Gasteiger partial charge < -0.3 is 19.3 Å². The number of fused-ring (bicyclic) bond motifs is 1. The van der Waals surface area contributed by atoms with Crippen LogP contribution in [0.3, 0.4) is 0 Å². The Balaban J connectivity index is 1.72. The zero-order valence-corrected chi connectivity index (χ0v) is 17.9. The standard InChI is InChI=1S/C21H29N3O6/c1-14(2)30-19(25)11-23-7-5-21(27,6-8-23)12-24-13-22-16-10-18(29-4)17(28-3)9-15(16)20(24)26/h9-10,13-14,27H,5-8,11-12H2,1-4H3. The van der Waals surface area contributed by atoms with Crippen LogP contribution in [0.15, 0.2) is 23.3 Å². The Morgan fingerprint density at radius 3 is 2.43 bits per heavy atom. The van der Waals surface area contributed by atoms with Gasteiger partial charge in [0, 0.05) is 19.2 Å². The number of likely N-dealkylation sites (tertiary alicyclic amines) is 1. The Morgan fingerprint density at radius 2 is 1.83 bits per heavy atom. The molecule has 0 spiro atoms. The molecule has 1 aromatic carbocycles. The number of benzene rings is 1. The van der Waals surface area contributed by atoms with Gasteiger partial charge in [-0.3, -0.25) is 19.1 Å². The van der Waals surface area contributed by atoms with Crippen molar-refractivity contribution in [2.75, 3.05) is 33.9 Å². The summed E-state index contributed by atoms with van der Waals surface area (Å²) < 4.78 is 17.1. The van der Waals surface area contributed by atoms with E-state index in [2.05, 4.69) is 4.98 Å². The average molecular weight is 419 g/mol. The zero-order chi connectivity index (χ0) is 21.9. The molecular formula is C21H29N3O6. The van der Waals surface area contributed by atoms with Crippen molar-refractivity contribution in [2.24, 2.45) is 0 Å². The van der Waals surface area contributed by atoms with Crippen LogP contribution in [0.25, 0.3) is 10.9 Å². The van der Waals surface area contributed by atoms with Crippen molar-refractivity contribution >= 4 is 16.9 Å². The molecule has 3 rings (SSSR count). The maximum absolute atomic E-state index is 13.0. The smallest absolute Gasteiger partial charge is 0.320 e. The maximum Gasteiger partial charge on any atom is 0.320 e. The van der Waals surface area contributed by atoms with Crippen LogP contribution in [-0.4, -0.2) is 71.1 Å². The Bertz CT molecular complexity index is 963. The SMILES string of the molecule is COc1cc2ncn(CC3(O)CCN(CC(=O)OC(C)C)CC3)c(=O)c2cc1OC. The van der Waals surface area contributed by atoms with Crippen LogP contribution >= 0.6 is 0 Å². The second kappa shape index (κ2) is 9.01. The van der Waals surface area contributed by atoms with Crippen molar-refractivity contribution in [3.8, 4) is 11.5 Å². The van der Waals surface area contributed by atoms with Gasteiger partial charge in [0.2, 0.25) is 0 Å². The van der Waals surface area contributed by atoms with Crippen molar-refractivity contribution in [2.45, 2.75) is 44.9 Å². The van der Waals surface area contributed by atoms with Crippen LogP contribution in [0.1, 0.15) is 26.7 Å². The summed E-state index contributed by atoms with van der Waals surface area (Å²) in [5, 5.41) is 11.4. The number of rotatable bonds is 7. The fraction of sp³-hybridized carbons (Fsp3) is 0.571. The lowest BCUT2D eigenvalue weighted by Gasteiger charge is -2.38. The highest BCUT2D eigenvalue weighted by Gasteiger charge is 2.34. The van der Waals surface area contributed by atoms with Crippen molar-refractivity contribution in [1.82, 2.24) is 14.5 Å². The third kappa shape index (κ3) is 4.91. The third-order valence-electron chi connectivity index (χ3n) is 5.30. The molecule has 30 heavy (non-hydrogen) atoms. The number of piperidine rings is 1. The average Bonchev–Trinajstić information content (AvgIpc) is 2.70. The van der Waals surface area contributed by atoms with Gasteiger partial charge in [0.15, 0.2) is 11.5 Å². The Hall–Kier alpha value is -2.65. The second-order valence-corrected chi connectivity index (χ2v) is 7.94. The van der Waals surface area contributed by atoms with Gasteiger partial charge in [-0.2, -0.15) is 0 Å². The van der Waals surface area contributed by atoms with Gasteiger partial charge in [-0.05, 0) is 32.8 Å². The Morgan fingerprint density at radius 1 is 1.20 bits per heavy atom. The highest BCUT2D eigenvalue weighted by Crippen LogP contribution is 2.30. The minimum Gasteiger partial charge on any atom is -0.493 e. The minimum absolute atomic E-state index is 0.132. The number of carbonyl (C=O) groups excluding carboxylic acids is 1. The minimum atomic E-state index is -1.05. The zero-order valence-electron chi connectivity index (χ0n) is 17.9. The summed E-state index contributed by atoms with van der Waals surface area (Å²) in [4.78, 5) is 31.1. The molecule has 1 aliphatic rings. The van der Waals surface area contributed by atoms with E-state index in [-0.39, 0.29) is 30.7 Å². The fourth-order valence-corrected chi connectivity index (χ4v) is 3.68. The van der Waals surface area contributed by atoms with Crippen LogP contribution in [0.5, 0.6) is 11.5 Å². The monoisotopic (exact) mass is 419 g/mol. The summed E-state index contributed by atoms with van der Waals surface area (Å²) in [6.45, 7) is 5.05. The highest BCUT2D eigenvalue weighted by atomic mass is 16.5. The van der Waals surface area contributed by atoms with E-state index in [9.17, 15) is 14.7 Å². The van der Waals surface area contributed by atoms with Crippen LogP contribution in [0.4, 0.5) is 0 Å². The van der Waals surface area contributed by atoms with Gasteiger partial charge in [0.1, 0.15) is 0 Å². The molecule has 2 heterocycles. The lowest BCUT2D eigenvalue weighted by molar-refractivity contribution is -0.150. The molecular weight excluding hydrogens is 390 g/mol. The molecule has 0 amide bonds. The third-order valence-corrected chi connectivity index (χ3v) is 5.30. The molecule has 1 N–H and O–H groups in total. The maximum atomic E-state index is 13.0. The number of nitrogens with zero attached hydrogens (tertiary/aromatic N) is 3. The Kier molecular flexibility index (Phi) is 6.62. The van der Waals surface area contributed by atoms with E-state index >= 15 is 0 Å². The van der Waals surface area contributed by atoms with Gasteiger partial charge >= 0.3 is 5.97 Å². The molecule has 1 aliphatic heterocycles. The van der Waals surface area contributed by atoms with Crippen molar-refractivity contribution < 1.29 is 24.1 Å². The molecule has 1 saturated heterocycles. The quantitative estimate of drug-likeness (QED) is 0.668. The molecule has 2 aromatic rings. The van der Waals surface area contributed by atoms with Crippen molar-refractivity contribution in [3.05, 3.63) is 28.8 Å². The van der Waals surface area contributed by atoms with Crippen LogP contribution in [-0.2, 0) is 16.1 Å². The molecule has 0 bridgehead atoms. The fourth-order valence-electron chi connectivity index (χ4n) is 3.68. The number of esters is 1. The number of aromatic nitrogens is 2. The Labute approximate surface area is 175 Å². The molecule has 1 aromatic heterocycles. The predicted octanol–water partition coefficient (Wildman–Crippen LogP) is 1.19. The van der Waals surface area contributed by atoms with Gasteiger partial charge in [-0.1, -0.05) is 0 Å². The first-order chi connectivity index (χ1) is 14.2. The molecule has 0 aliphatic carbocycles. The second-order valence-electron chi connectivity index (χ2n) is 7.94. The van der Waals surface area contributed by atoms with E-state index < -0.39 is 5.60 Å². The summed E-state index contributed by atoms with van der Waals surface area (Å²) >= 11 is 0. The number of hydrogen-bond donors (Lipinski definition) is 1. The summed E-state index contributed by atoms with van der Waals surface area (Å²) in [7, 11) is 3.03. The topological polar surface area (TPSA) is 103 Å². The summed E-state index contributed by atoms with van der Waals surface area (Å²) in [6, 6.07) is 3.26. The van der Waals surface area contributed by atoms with Gasteiger partial charge in [-0.15, -0.1) is 0 Å². The van der Waals surface area contributed by atoms with E-state index in [0.717, 1.165) is 0 Å². The van der Waals surface area contributed by atoms with E-state index in [1.54, 1.807) is 12.1 Å². The largest absolute Gasteiger partial charge is 0.493 e. The van der Waals surface area contributed by atoms with Crippen molar-refractivity contribution in [1.29, 1.82) is 0 Å². The number of methoxy groups -OCH3 is 2. The summed E-state index contributed by atoms with van der Waals surface area (Å²) in [5.74, 6) is 0.674. The number of aliphatic hydroxyl groups is 1. The van der Waals surface area contributed by atoms with Crippen LogP contribution in [0.2, 0.25) is 0 Å². The molecule has 0 radical (unpaired) electrons. The van der Waals surface area contributed by atoms with Crippen molar-refractivity contribution in [3.63, 3.8) is 0 Å². The van der Waals surface area contributed by atoms with Crippen LogP contribution < -0.4 is 15.0 Å². The molecule has 0 atom stereocenters. The first-order valence-electron chi connectivity index (χ1n) is 10.00. The van der Waals surface area contributed by atoms with Crippen LogP contribution in [0, 0.1) is 0 Å². The van der Waals surface area contributed by atoms with Gasteiger partial charge in [0.25, 0.3) is 5.56 Å². The number of hydrogen-bond acceptors (Lipinski definition) is 8. The van der Waals surface area contributed by atoms with E-state index in [1.807, 2.05) is 18.7 Å². The van der Waals surface area contributed by atoms with Gasteiger partial charge in [-0.25, -0.2) is 4.98 Å². The highest BCUT2D eigenvalue weighted by molar-refractivity contribution is 5.81. The molecule has 0 saturated carbocycles. The number of ether oxygens (including phenoxy) is 3.